The largest absolute Gasteiger partial charge is 0.349 e. The molecule has 2 fully saturated rings. The fourth-order valence-corrected chi connectivity index (χ4v) is 4.17. The smallest absolute Gasteiger partial charge is 0.251 e. The van der Waals surface area contributed by atoms with E-state index in [1.165, 1.54) is 25.7 Å². The minimum atomic E-state index is 0.0581. The number of carbonyl (C=O) groups is 1. The van der Waals surface area contributed by atoms with E-state index in [1.54, 1.807) is 0 Å². The summed E-state index contributed by atoms with van der Waals surface area (Å²) in [5.41, 5.74) is 0.748. The first-order chi connectivity index (χ1) is 9.13. The molecule has 0 spiro atoms. The van der Waals surface area contributed by atoms with Gasteiger partial charge in [0.05, 0.1) is 0 Å². The van der Waals surface area contributed by atoms with Gasteiger partial charge in [0.1, 0.15) is 0 Å². The lowest BCUT2D eigenvalue weighted by molar-refractivity contribution is 0.0915. The van der Waals surface area contributed by atoms with E-state index in [0.29, 0.717) is 12.0 Å². The van der Waals surface area contributed by atoms with Gasteiger partial charge in [0.2, 0.25) is 0 Å². The van der Waals surface area contributed by atoms with Crippen LogP contribution in [0.15, 0.2) is 28.7 Å². The topological polar surface area (TPSA) is 29.1 Å². The monoisotopic (exact) mass is 321 g/mol. The van der Waals surface area contributed by atoms with Crippen molar-refractivity contribution in [2.45, 2.75) is 38.6 Å². The predicted octanol–water partition coefficient (Wildman–Crippen LogP) is 4.00. The molecule has 0 aromatic heterocycles. The highest BCUT2D eigenvalue weighted by atomic mass is 79.9. The molecule has 0 unspecified atom stereocenters. The van der Waals surface area contributed by atoms with Crippen LogP contribution >= 0.6 is 15.9 Å². The fraction of sp³-hybridized carbons (Fsp3) is 0.562. The van der Waals surface area contributed by atoms with Gasteiger partial charge < -0.3 is 5.32 Å². The van der Waals surface area contributed by atoms with Gasteiger partial charge in [0, 0.05) is 16.1 Å². The van der Waals surface area contributed by atoms with Crippen LogP contribution in [0.2, 0.25) is 0 Å². The lowest BCUT2D eigenvalue weighted by atomic mass is 9.84. The zero-order valence-corrected chi connectivity index (χ0v) is 12.8. The first-order valence-electron chi connectivity index (χ1n) is 7.20. The summed E-state index contributed by atoms with van der Waals surface area (Å²) in [5.74, 6) is 2.54. The van der Waals surface area contributed by atoms with E-state index >= 15 is 0 Å². The highest BCUT2D eigenvalue weighted by molar-refractivity contribution is 9.10. The third-order valence-corrected chi connectivity index (χ3v) is 5.43. The zero-order chi connectivity index (χ0) is 13.4. The van der Waals surface area contributed by atoms with Crippen LogP contribution in [-0.2, 0) is 0 Å². The lowest BCUT2D eigenvalue weighted by Crippen LogP contribution is -2.40. The summed E-state index contributed by atoms with van der Waals surface area (Å²) in [7, 11) is 0. The van der Waals surface area contributed by atoms with Crippen molar-refractivity contribution in [1.29, 1.82) is 0 Å². The van der Waals surface area contributed by atoms with Crippen molar-refractivity contribution in [3.8, 4) is 0 Å². The molecule has 1 amide bonds. The summed E-state index contributed by atoms with van der Waals surface area (Å²) in [5, 5.41) is 3.19. The van der Waals surface area contributed by atoms with Crippen LogP contribution < -0.4 is 5.32 Å². The molecule has 102 valence electrons. The minimum Gasteiger partial charge on any atom is -0.349 e. The van der Waals surface area contributed by atoms with Crippen LogP contribution in [0.25, 0.3) is 0 Å². The zero-order valence-electron chi connectivity index (χ0n) is 11.2. The molecule has 1 N–H and O–H groups in total. The van der Waals surface area contributed by atoms with Crippen molar-refractivity contribution in [3.05, 3.63) is 34.3 Å². The first kappa shape index (κ1) is 13.2. The number of hydrogen-bond acceptors (Lipinski definition) is 1. The third-order valence-electron chi connectivity index (χ3n) is 4.90. The number of hydrogen-bond donors (Lipinski definition) is 1. The molecule has 0 heterocycles. The Morgan fingerprint density at radius 3 is 2.58 bits per heavy atom. The lowest BCUT2D eigenvalue weighted by Gasteiger charge is -2.28. The van der Waals surface area contributed by atoms with Crippen LogP contribution in [0.3, 0.4) is 0 Å². The number of benzene rings is 1. The molecule has 3 rings (SSSR count). The number of halogens is 1. The summed E-state index contributed by atoms with van der Waals surface area (Å²) in [6, 6.07) is 7.86. The Hall–Kier alpha value is -0.830. The van der Waals surface area contributed by atoms with Crippen molar-refractivity contribution in [3.63, 3.8) is 0 Å². The molecule has 0 radical (unpaired) electrons. The normalized spacial score (nSPS) is 30.3. The number of fused-ring (bicyclic) bond motifs is 2. The maximum absolute atomic E-state index is 12.2. The summed E-state index contributed by atoms with van der Waals surface area (Å²) in [6.45, 7) is 2.17. The van der Waals surface area contributed by atoms with E-state index in [0.717, 1.165) is 21.9 Å². The molecule has 2 nitrogen and oxygen atoms in total. The maximum Gasteiger partial charge on any atom is 0.251 e. The Bertz CT molecular complexity index is 470. The van der Waals surface area contributed by atoms with Crippen LogP contribution in [0.4, 0.5) is 0 Å². The molecule has 19 heavy (non-hydrogen) atoms. The Morgan fingerprint density at radius 1 is 1.26 bits per heavy atom. The molecule has 3 heteroatoms. The number of nitrogens with one attached hydrogen (secondary N) is 1. The van der Waals surface area contributed by atoms with E-state index in [9.17, 15) is 4.79 Å². The molecule has 1 aromatic rings. The Balaban J connectivity index is 1.61. The van der Waals surface area contributed by atoms with Gasteiger partial charge in [-0.1, -0.05) is 22.4 Å². The van der Waals surface area contributed by atoms with Crippen LogP contribution in [-0.4, -0.2) is 11.9 Å². The van der Waals surface area contributed by atoms with E-state index in [2.05, 4.69) is 28.2 Å². The van der Waals surface area contributed by atoms with E-state index in [4.69, 9.17) is 0 Å². The molecule has 2 bridgehead atoms. The molecule has 4 atom stereocenters. The highest BCUT2D eigenvalue weighted by Crippen LogP contribution is 2.49. The van der Waals surface area contributed by atoms with Crippen LogP contribution in [0.5, 0.6) is 0 Å². The first-order valence-corrected chi connectivity index (χ1v) is 7.99. The summed E-state index contributed by atoms with van der Waals surface area (Å²) >= 11 is 3.39. The Kier molecular flexibility index (Phi) is 3.66. The van der Waals surface area contributed by atoms with Crippen molar-refractivity contribution in [2.24, 2.45) is 17.8 Å². The molecule has 0 saturated heterocycles. The van der Waals surface area contributed by atoms with Gasteiger partial charge >= 0.3 is 0 Å². The van der Waals surface area contributed by atoms with E-state index in [1.807, 2.05) is 24.3 Å². The van der Waals surface area contributed by atoms with Gasteiger partial charge in [-0.2, -0.15) is 0 Å². The molecule has 2 aliphatic carbocycles. The van der Waals surface area contributed by atoms with Gasteiger partial charge in [-0.25, -0.2) is 0 Å². The average Bonchev–Trinajstić information content (AvgIpc) is 3.01. The van der Waals surface area contributed by atoms with Crippen molar-refractivity contribution in [1.82, 2.24) is 5.32 Å². The second kappa shape index (κ2) is 5.28. The molecular formula is C16H20BrNO. The van der Waals surface area contributed by atoms with Gasteiger partial charge in [0.15, 0.2) is 0 Å². The number of carbonyl (C=O) groups excluding carboxylic acids is 1. The van der Waals surface area contributed by atoms with Gasteiger partial charge in [-0.05, 0) is 68.2 Å². The predicted molar refractivity (Wildman–Crippen MR) is 80.0 cm³/mol. The highest BCUT2D eigenvalue weighted by Gasteiger charge is 2.42. The summed E-state index contributed by atoms with van der Waals surface area (Å²) in [4.78, 5) is 12.2. The Morgan fingerprint density at radius 2 is 2.00 bits per heavy atom. The van der Waals surface area contributed by atoms with Crippen molar-refractivity contribution in [2.75, 3.05) is 0 Å². The Labute approximate surface area is 123 Å². The van der Waals surface area contributed by atoms with Crippen molar-refractivity contribution >= 4 is 21.8 Å². The maximum atomic E-state index is 12.2. The average molecular weight is 322 g/mol. The SMILES string of the molecule is C[C@@H](NC(=O)c1ccc(Br)cc1)[C@H]1C[C@@H]2CC[C@@H]1C2. The second-order valence-corrected chi connectivity index (χ2v) is 7.02. The second-order valence-electron chi connectivity index (χ2n) is 6.11. The van der Waals surface area contributed by atoms with Crippen LogP contribution in [0.1, 0.15) is 43.0 Å². The number of amides is 1. The van der Waals surface area contributed by atoms with Gasteiger partial charge in [-0.3, -0.25) is 4.79 Å². The van der Waals surface area contributed by atoms with E-state index in [-0.39, 0.29) is 5.91 Å². The van der Waals surface area contributed by atoms with Crippen molar-refractivity contribution < 1.29 is 4.79 Å². The standard InChI is InChI=1S/C16H20BrNO/c1-10(15-9-11-2-3-13(15)8-11)18-16(19)12-4-6-14(17)7-5-12/h4-7,10-11,13,15H,2-3,8-9H2,1H3,(H,18,19)/t10-,11-,13-,15-/m1/s1. The van der Waals surface area contributed by atoms with Gasteiger partial charge in [-0.15, -0.1) is 0 Å². The quantitative estimate of drug-likeness (QED) is 0.895. The summed E-state index contributed by atoms with van der Waals surface area (Å²) < 4.78 is 1.00. The fourth-order valence-electron chi connectivity index (χ4n) is 3.90. The molecule has 2 aliphatic rings. The molecular weight excluding hydrogens is 302 g/mol. The third kappa shape index (κ3) is 2.71. The molecule has 2 saturated carbocycles. The summed E-state index contributed by atoms with van der Waals surface area (Å²) in [6.07, 6.45) is 5.48. The van der Waals surface area contributed by atoms with Crippen LogP contribution in [0, 0.1) is 17.8 Å². The minimum absolute atomic E-state index is 0.0581. The van der Waals surface area contributed by atoms with Gasteiger partial charge in [0.25, 0.3) is 5.91 Å². The number of rotatable bonds is 3. The van der Waals surface area contributed by atoms with E-state index < -0.39 is 0 Å². The molecule has 1 aromatic carbocycles. The molecule has 0 aliphatic heterocycles.